The molecule has 1 N–H and O–H groups in total. The summed E-state index contributed by atoms with van der Waals surface area (Å²) >= 11 is 0. The van der Waals surface area contributed by atoms with Gasteiger partial charge in [0.2, 0.25) is 5.91 Å². The number of aromatic nitrogens is 1. The van der Waals surface area contributed by atoms with Crippen molar-refractivity contribution in [2.24, 2.45) is 5.16 Å². The van der Waals surface area contributed by atoms with Crippen molar-refractivity contribution >= 4 is 17.5 Å². The summed E-state index contributed by atoms with van der Waals surface area (Å²) < 4.78 is 0. The van der Waals surface area contributed by atoms with Crippen LogP contribution >= 0.6 is 0 Å². The smallest absolute Gasteiger partial charge is 0.269 e. The average molecular weight is 392 g/mol. The Morgan fingerprint density at radius 3 is 2.76 bits per heavy atom. The number of oxime groups is 1. The summed E-state index contributed by atoms with van der Waals surface area (Å²) in [6.07, 6.45) is 5.81. The second kappa shape index (κ2) is 8.43. The van der Waals surface area contributed by atoms with E-state index in [1.54, 1.807) is 12.4 Å². The Hall–Kier alpha value is -3.22. The van der Waals surface area contributed by atoms with Crippen LogP contribution in [0.1, 0.15) is 30.4 Å². The Bertz CT molecular complexity index is 901. The molecule has 2 aliphatic heterocycles. The number of benzene rings is 1. The normalized spacial score (nSPS) is 20.8. The lowest BCUT2D eigenvalue weighted by atomic mass is 9.87. The molecule has 1 unspecified atom stereocenters. The van der Waals surface area contributed by atoms with E-state index < -0.39 is 5.60 Å². The monoisotopic (exact) mass is 392 g/mol. The number of nitrogens with zero attached hydrogens (tertiary/aromatic N) is 3. The molecule has 0 bridgehead atoms. The molecular formula is C22H24N4O3. The Kier molecular flexibility index (Phi) is 5.55. The van der Waals surface area contributed by atoms with Gasteiger partial charge in [-0.1, -0.05) is 41.6 Å². The van der Waals surface area contributed by atoms with Crippen LogP contribution in [0, 0.1) is 0 Å². The van der Waals surface area contributed by atoms with Crippen LogP contribution in [0.5, 0.6) is 0 Å². The molecule has 0 aliphatic carbocycles. The highest BCUT2D eigenvalue weighted by molar-refractivity contribution is 6.39. The van der Waals surface area contributed by atoms with E-state index in [4.69, 9.17) is 4.84 Å². The summed E-state index contributed by atoms with van der Waals surface area (Å²) in [6.45, 7) is 1.56. The molecule has 2 aliphatic rings. The van der Waals surface area contributed by atoms with Crippen LogP contribution in [-0.4, -0.2) is 46.1 Å². The zero-order valence-corrected chi connectivity index (χ0v) is 16.2. The number of amides is 2. The summed E-state index contributed by atoms with van der Waals surface area (Å²) in [5.41, 5.74) is 1.71. The van der Waals surface area contributed by atoms with E-state index in [-0.39, 0.29) is 11.8 Å². The first kappa shape index (κ1) is 19.1. The number of hydrogen-bond acceptors (Lipinski definition) is 5. The molecule has 1 atom stereocenters. The summed E-state index contributed by atoms with van der Waals surface area (Å²) in [7, 11) is 0. The number of carbonyl (C=O) groups is 2. The standard InChI is InChI=1S/C22H24N4O3/c27-20(12-17-6-2-1-3-7-17)26-11-5-9-22(16-26)13-19(25-29-22)21(28)24-15-18-8-4-10-23-14-18/h1-4,6-8,10,14H,5,9,11-13,15-16H2,(H,24,28). The van der Waals surface area contributed by atoms with Crippen molar-refractivity contribution in [1.82, 2.24) is 15.2 Å². The predicted molar refractivity (Wildman–Crippen MR) is 108 cm³/mol. The second-order valence-corrected chi connectivity index (χ2v) is 7.61. The van der Waals surface area contributed by atoms with Crippen molar-refractivity contribution in [3.05, 3.63) is 66.0 Å². The van der Waals surface area contributed by atoms with E-state index >= 15 is 0 Å². The van der Waals surface area contributed by atoms with E-state index in [1.807, 2.05) is 47.4 Å². The fourth-order valence-corrected chi connectivity index (χ4v) is 3.84. The van der Waals surface area contributed by atoms with Gasteiger partial charge in [-0.2, -0.15) is 0 Å². The minimum absolute atomic E-state index is 0.0772. The maximum Gasteiger partial charge on any atom is 0.269 e. The highest BCUT2D eigenvalue weighted by Gasteiger charge is 2.45. The topological polar surface area (TPSA) is 83.9 Å². The van der Waals surface area contributed by atoms with Gasteiger partial charge in [0, 0.05) is 31.9 Å². The van der Waals surface area contributed by atoms with Gasteiger partial charge < -0.3 is 15.1 Å². The first-order valence-electron chi connectivity index (χ1n) is 9.87. The second-order valence-electron chi connectivity index (χ2n) is 7.61. The fraction of sp³-hybridized carbons (Fsp3) is 0.364. The lowest BCUT2D eigenvalue weighted by Gasteiger charge is -2.38. The number of rotatable bonds is 5. The van der Waals surface area contributed by atoms with E-state index in [0.717, 1.165) is 24.0 Å². The molecule has 4 rings (SSSR count). The number of carbonyl (C=O) groups excluding carboxylic acids is 2. The van der Waals surface area contributed by atoms with Crippen LogP contribution in [-0.2, 0) is 27.4 Å². The maximum absolute atomic E-state index is 12.7. The summed E-state index contributed by atoms with van der Waals surface area (Å²) in [4.78, 5) is 36.8. The molecule has 3 heterocycles. The van der Waals surface area contributed by atoms with Crippen molar-refractivity contribution in [3.63, 3.8) is 0 Å². The Balaban J connectivity index is 1.32. The zero-order chi connectivity index (χ0) is 20.1. The fourth-order valence-electron chi connectivity index (χ4n) is 3.84. The van der Waals surface area contributed by atoms with E-state index in [2.05, 4.69) is 15.5 Å². The molecule has 1 spiro atoms. The van der Waals surface area contributed by atoms with Crippen LogP contribution in [0.3, 0.4) is 0 Å². The molecule has 2 amide bonds. The van der Waals surface area contributed by atoms with Crippen molar-refractivity contribution < 1.29 is 14.4 Å². The average Bonchev–Trinajstić information content (AvgIpc) is 3.16. The number of piperidine rings is 1. The van der Waals surface area contributed by atoms with Crippen molar-refractivity contribution in [2.45, 2.75) is 37.8 Å². The third-order valence-electron chi connectivity index (χ3n) is 5.37. The molecule has 29 heavy (non-hydrogen) atoms. The summed E-state index contributed by atoms with van der Waals surface area (Å²) in [5.74, 6) is -0.160. The van der Waals surface area contributed by atoms with Gasteiger partial charge in [0.15, 0.2) is 5.60 Å². The van der Waals surface area contributed by atoms with Crippen LogP contribution in [0.25, 0.3) is 0 Å². The van der Waals surface area contributed by atoms with Crippen molar-refractivity contribution in [3.8, 4) is 0 Å². The van der Waals surface area contributed by atoms with Gasteiger partial charge in [-0.05, 0) is 30.0 Å². The van der Waals surface area contributed by atoms with Gasteiger partial charge in [0.05, 0.1) is 13.0 Å². The molecular weight excluding hydrogens is 368 g/mol. The van der Waals surface area contributed by atoms with Gasteiger partial charge in [-0.15, -0.1) is 0 Å². The first-order valence-corrected chi connectivity index (χ1v) is 9.87. The molecule has 0 radical (unpaired) electrons. The van der Waals surface area contributed by atoms with Crippen LogP contribution in [0.2, 0.25) is 0 Å². The first-order chi connectivity index (χ1) is 14.1. The molecule has 1 saturated heterocycles. The molecule has 0 saturated carbocycles. The van der Waals surface area contributed by atoms with Gasteiger partial charge in [0.1, 0.15) is 5.71 Å². The lowest BCUT2D eigenvalue weighted by molar-refractivity contribution is -0.139. The highest BCUT2D eigenvalue weighted by atomic mass is 16.7. The van der Waals surface area contributed by atoms with E-state index in [1.165, 1.54) is 0 Å². The largest absolute Gasteiger partial charge is 0.386 e. The number of nitrogens with one attached hydrogen (secondary N) is 1. The predicted octanol–water partition coefficient (Wildman–Crippen LogP) is 2.08. The van der Waals surface area contributed by atoms with E-state index in [9.17, 15) is 9.59 Å². The van der Waals surface area contributed by atoms with Gasteiger partial charge in [0.25, 0.3) is 5.91 Å². The van der Waals surface area contributed by atoms with E-state index in [0.29, 0.717) is 38.2 Å². The highest BCUT2D eigenvalue weighted by Crippen LogP contribution is 2.33. The SMILES string of the molecule is O=C(NCc1cccnc1)C1=NOC2(CCCN(C(=O)Cc3ccccc3)C2)C1. The maximum atomic E-state index is 12.7. The third kappa shape index (κ3) is 4.62. The van der Waals surface area contributed by atoms with Crippen LogP contribution < -0.4 is 5.32 Å². The third-order valence-corrected chi connectivity index (χ3v) is 5.37. The molecule has 2 aromatic rings. The molecule has 1 aromatic heterocycles. The Labute approximate surface area is 169 Å². The number of likely N-dealkylation sites (tertiary alicyclic amines) is 1. The minimum Gasteiger partial charge on any atom is -0.386 e. The van der Waals surface area contributed by atoms with Crippen molar-refractivity contribution in [2.75, 3.05) is 13.1 Å². The number of hydrogen-bond donors (Lipinski definition) is 1. The molecule has 7 heteroatoms. The summed E-state index contributed by atoms with van der Waals surface area (Å²) in [5, 5.41) is 6.91. The minimum atomic E-state index is -0.592. The zero-order valence-electron chi connectivity index (χ0n) is 16.2. The van der Waals surface area contributed by atoms with Crippen LogP contribution in [0.4, 0.5) is 0 Å². The molecule has 1 aromatic carbocycles. The summed E-state index contributed by atoms with van der Waals surface area (Å²) in [6, 6.07) is 13.5. The number of pyridine rings is 1. The van der Waals surface area contributed by atoms with Gasteiger partial charge >= 0.3 is 0 Å². The quantitative estimate of drug-likeness (QED) is 0.844. The van der Waals surface area contributed by atoms with Crippen LogP contribution in [0.15, 0.2) is 60.0 Å². The molecule has 7 nitrogen and oxygen atoms in total. The lowest BCUT2D eigenvalue weighted by Crippen LogP contribution is -2.51. The van der Waals surface area contributed by atoms with Crippen molar-refractivity contribution in [1.29, 1.82) is 0 Å². The Morgan fingerprint density at radius 1 is 1.14 bits per heavy atom. The van der Waals surface area contributed by atoms with Gasteiger partial charge in [-0.3, -0.25) is 14.6 Å². The molecule has 150 valence electrons. The molecule has 1 fully saturated rings. The van der Waals surface area contributed by atoms with Gasteiger partial charge in [-0.25, -0.2) is 0 Å². The Morgan fingerprint density at radius 2 is 1.97 bits per heavy atom.